The fraction of sp³-hybridized carbons (Fsp3) is 0.429. The van der Waals surface area contributed by atoms with E-state index in [4.69, 9.17) is 0 Å². The summed E-state index contributed by atoms with van der Waals surface area (Å²) in [5.74, 6) is -1.56. The van der Waals surface area contributed by atoms with Gasteiger partial charge in [-0.1, -0.05) is 0 Å². The zero-order valence-electron chi connectivity index (χ0n) is 8.06. The van der Waals surface area contributed by atoms with Crippen molar-refractivity contribution in [3.63, 3.8) is 0 Å². The third kappa shape index (κ3) is 2.68. The largest absolute Gasteiger partial charge is 0.505 e. The highest BCUT2D eigenvalue weighted by Gasteiger charge is 2.42. The number of alkyl halides is 6. The first-order chi connectivity index (χ1) is 7.57. The van der Waals surface area contributed by atoms with Gasteiger partial charge in [-0.25, -0.2) is 4.79 Å². The van der Waals surface area contributed by atoms with Crippen LogP contribution in [0, 0.1) is 0 Å². The molecule has 0 aliphatic carbocycles. The Kier molecular flexibility index (Phi) is 3.08. The van der Waals surface area contributed by atoms with Crippen molar-refractivity contribution in [3.05, 3.63) is 17.5 Å². The Morgan fingerprint density at radius 1 is 1.29 bits per heavy atom. The second-order valence-corrected chi connectivity index (χ2v) is 2.78. The molecule has 0 saturated carbocycles. The molecule has 0 amide bonds. The zero-order chi connectivity index (χ0) is 13.4. The molecule has 0 unspecified atom stereocenters. The first kappa shape index (κ1) is 13.3. The fourth-order valence-electron chi connectivity index (χ4n) is 0.963. The van der Waals surface area contributed by atoms with Crippen molar-refractivity contribution in [2.45, 2.75) is 12.5 Å². The second kappa shape index (κ2) is 3.93. The van der Waals surface area contributed by atoms with E-state index in [0.29, 0.717) is 0 Å². The van der Waals surface area contributed by atoms with Crippen LogP contribution in [0.1, 0.15) is 16.2 Å². The van der Waals surface area contributed by atoms with Gasteiger partial charge in [-0.05, 0) is 0 Å². The quantitative estimate of drug-likeness (QED) is 0.575. The number of aromatic nitrogens is 2. The lowest BCUT2D eigenvalue weighted by Crippen LogP contribution is -2.24. The van der Waals surface area contributed by atoms with Crippen LogP contribution in [0.15, 0.2) is 6.07 Å². The molecule has 17 heavy (non-hydrogen) atoms. The summed E-state index contributed by atoms with van der Waals surface area (Å²) in [5, 5.41) is 2.29. The Labute approximate surface area is 89.8 Å². The summed E-state index contributed by atoms with van der Waals surface area (Å²) in [6, 6.07) is -0.0284. The number of hydrogen-bond acceptors (Lipinski definition) is 3. The van der Waals surface area contributed by atoms with Crippen LogP contribution in [0.4, 0.5) is 26.3 Å². The molecule has 4 nitrogen and oxygen atoms in total. The first-order valence-electron chi connectivity index (χ1n) is 3.90. The number of rotatable bonds is 1. The number of nitrogens with zero attached hydrogens (tertiary/aromatic N) is 2. The molecule has 0 aliphatic rings. The highest BCUT2D eigenvalue weighted by molar-refractivity contribution is 5.87. The molecule has 1 heterocycles. The van der Waals surface area contributed by atoms with Crippen LogP contribution in [0.2, 0.25) is 0 Å². The summed E-state index contributed by atoms with van der Waals surface area (Å²) in [5.41, 5.74) is -3.16. The minimum absolute atomic E-state index is 0.0284. The maximum atomic E-state index is 12.3. The minimum Gasteiger partial charge on any atom is -0.464 e. The normalized spacial score (nSPS) is 12.6. The molecule has 1 rings (SSSR count). The lowest BCUT2D eigenvalue weighted by atomic mass is 10.3. The van der Waals surface area contributed by atoms with E-state index in [1.807, 2.05) is 0 Å². The average Bonchev–Trinajstić information content (AvgIpc) is 2.59. The lowest BCUT2D eigenvalue weighted by molar-refractivity contribution is -0.215. The van der Waals surface area contributed by atoms with Crippen molar-refractivity contribution in [1.82, 2.24) is 9.78 Å². The molecule has 0 spiro atoms. The van der Waals surface area contributed by atoms with Gasteiger partial charge in [-0.15, -0.1) is 13.2 Å². The van der Waals surface area contributed by atoms with Crippen LogP contribution in [0.3, 0.4) is 0 Å². The van der Waals surface area contributed by atoms with Gasteiger partial charge < -0.3 is 4.74 Å². The number of methoxy groups -OCH3 is 1. The summed E-state index contributed by atoms with van der Waals surface area (Å²) < 4.78 is 76.2. The molecule has 0 aliphatic heterocycles. The van der Waals surface area contributed by atoms with E-state index >= 15 is 0 Å². The number of carbonyl (C=O) groups excluding carboxylic acids is 1. The second-order valence-electron chi connectivity index (χ2n) is 2.78. The summed E-state index contributed by atoms with van der Waals surface area (Å²) >= 11 is 0. The summed E-state index contributed by atoms with van der Waals surface area (Å²) in [7, 11) is 0.739. The van der Waals surface area contributed by atoms with Gasteiger partial charge in [0.2, 0.25) is 0 Å². The van der Waals surface area contributed by atoms with Crippen LogP contribution < -0.4 is 0 Å². The van der Waals surface area contributed by atoms with Gasteiger partial charge in [-0.2, -0.15) is 23.0 Å². The van der Waals surface area contributed by atoms with Crippen LogP contribution in [0.5, 0.6) is 0 Å². The Hall–Kier alpha value is -1.74. The van der Waals surface area contributed by atoms with Gasteiger partial charge in [0, 0.05) is 6.07 Å². The topological polar surface area (TPSA) is 44.1 Å². The van der Waals surface area contributed by atoms with Crippen LogP contribution in [0.25, 0.3) is 0 Å². The van der Waals surface area contributed by atoms with Gasteiger partial charge in [0.05, 0.1) is 7.11 Å². The van der Waals surface area contributed by atoms with Crippen LogP contribution in [-0.4, -0.2) is 22.9 Å². The van der Waals surface area contributed by atoms with Gasteiger partial charge in [0.15, 0.2) is 11.4 Å². The predicted molar refractivity (Wildman–Crippen MR) is 39.9 cm³/mol. The highest BCUT2D eigenvalue weighted by atomic mass is 19.4. The standard InChI is InChI=1S/C7H4F6N2O2/c1-17-5(16)3-2-4(6(8,9)10)14-15(3)7(11,12)13/h2H,1H3. The molecule has 0 bridgehead atoms. The predicted octanol–water partition coefficient (Wildman–Crippen LogP) is 2.16. The van der Waals surface area contributed by atoms with Crippen molar-refractivity contribution in [3.8, 4) is 0 Å². The number of esters is 1. The molecule has 0 aromatic carbocycles. The van der Waals surface area contributed by atoms with E-state index in [9.17, 15) is 31.1 Å². The number of halogens is 6. The maximum Gasteiger partial charge on any atom is 0.505 e. The smallest absolute Gasteiger partial charge is 0.464 e. The Balaban J connectivity index is 3.37. The van der Waals surface area contributed by atoms with E-state index in [0.717, 1.165) is 7.11 Å². The van der Waals surface area contributed by atoms with Crippen molar-refractivity contribution in [2.75, 3.05) is 7.11 Å². The molecule has 0 N–H and O–H groups in total. The number of ether oxygens (including phenoxy) is 1. The SMILES string of the molecule is COC(=O)c1cc(C(F)(F)F)nn1C(F)(F)F. The fourth-order valence-corrected chi connectivity index (χ4v) is 0.963. The molecule has 0 atom stereocenters. The first-order valence-corrected chi connectivity index (χ1v) is 3.90. The van der Waals surface area contributed by atoms with Crippen molar-refractivity contribution < 1.29 is 35.9 Å². The van der Waals surface area contributed by atoms with Crippen LogP contribution in [-0.2, 0) is 17.2 Å². The molecule has 0 saturated heterocycles. The molecular formula is C7H4F6N2O2. The third-order valence-electron chi connectivity index (χ3n) is 1.63. The summed E-state index contributed by atoms with van der Waals surface area (Å²) in [4.78, 5) is 10.9. The van der Waals surface area contributed by atoms with E-state index in [-0.39, 0.29) is 6.07 Å². The lowest BCUT2D eigenvalue weighted by Gasteiger charge is -2.08. The Bertz CT molecular complexity index is 433. The van der Waals surface area contributed by atoms with Gasteiger partial charge in [0.25, 0.3) is 0 Å². The monoisotopic (exact) mass is 262 g/mol. The van der Waals surface area contributed by atoms with Crippen molar-refractivity contribution in [1.29, 1.82) is 0 Å². The van der Waals surface area contributed by atoms with Gasteiger partial charge in [0.1, 0.15) is 0 Å². The number of carbonyl (C=O) groups is 1. The molecule has 1 aromatic rings. The summed E-state index contributed by atoms with van der Waals surface area (Å²) in [6.07, 6.45) is -10.3. The van der Waals surface area contributed by atoms with E-state index in [2.05, 4.69) is 9.84 Å². The zero-order valence-corrected chi connectivity index (χ0v) is 8.06. The van der Waals surface area contributed by atoms with E-state index < -0.39 is 34.5 Å². The molecule has 96 valence electrons. The van der Waals surface area contributed by atoms with Crippen molar-refractivity contribution >= 4 is 5.97 Å². The summed E-state index contributed by atoms with van der Waals surface area (Å²) in [6.45, 7) is 0. The maximum absolute atomic E-state index is 12.3. The van der Waals surface area contributed by atoms with E-state index in [1.165, 1.54) is 0 Å². The van der Waals surface area contributed by atoms with Crippen molar-refractivity contribution in [2.24, 2.45) is 0 Å². The van der Waals surface area contributed by atoms with Crippen LogP contribution >= 0.6 is 0 Å². The molecular weight excluding hydrogens is 258 g/mol. The average molecular weight is 262 g/mol. The minimum atomic E-state index is -5.24. The van der Waals surface area contributed by atoms with Gasteiger partial charge in [-0.3, -0.25) is 0 Å². The molecule has 1 aromatic heterocycles. The molecule has 0 radical (unpaired) electrons. The Morgan fingerprint density at radius 3 is 2.18 bits per heavy atom. The Morgan fingerprint density at radius 2 is 1.82 bits per heavy atom. The van der Waals surface area contributed by atoms with E-state index in [1.54, 1.807) is 0 Å². The van der Waals surface area contributed by atoms with Gasteiger partial charge >= 0.3 is 18.4 Å². The number of hydrogen-bond donors (Lipinski definition) is 0. The molecule has 10 heteroatoms. The highest BCUT2D eigenvalue weighted by Crippen LogP contribution is 2.32. The third-order valence-corrected chi connectivity index (χ3v) is 1.63. The molecule has 0 fully saturated rings.